The van der Waals surface area contributed by atoms with Gasteiger partial charge in [-0.15, -0.1) is 0 Å². The molecular weight excluding hydrogens is 614 g/mol. The molecular formula is C34H30F2N4O7. The van der Waals surface area contributed by atoms with E-state index in [2.05, 4.69) is 20.8 Å². The molecule has 3 N–H and O–H groups in total. The number of anilines is 1. The van der Waals surface area contributed by atoms with Crippen molar-refractivity contribution in [3.8, 4) is 34.2 Å². The van der Waals surface area contributed by atoms with Crippen LogP contribution in [0.5, 0.6) is 0 Å². The number of aliphatic carboxylic acids is 1. The molecule has 1 atom stereocenters. The normalized spacial score (nSPS) is 12.0. The molecule has 3 aromatic carbocycles. The largest absolute Gasteiger partial charge is 0.480 e. The Hall–Kier alpha value is -5.85. The standard InChI is InChI=1S/C34H30F2N4O7/c1-18-15-21(8-12-24(18)35)27-13-14-28(45-27)30(41)38-26(32(42)43)17-19-5-11-23(25(36)16-19)29-39-31(47-40-29)20-6-9-22(10-7-20)37-33(44)46-34(2,3)4/h5-16,26H,17H2,1-4H3,(H,37,44)(H,38,41)(H,42,43)/t26-/m1/s1. The van der Waals surface area contributed by atoms with Crippen LogP contribution < -0.4 is 10.6 Å². The van der Waals surface area contributed by atoms with Crippen LogP contribution in [0.2, 0.25) is 0 Å². The molecule has 11 nitrogen and oxygen atoms in total. The van der Waals surface area contributed by atoms with Crippen molar-refractivity contribution in [2.45, 2.75) is 45.8 Å². The number of hydrogen-bond acceptors (Lipinski definition) is 8. The SMILES string of the molecule is Cc1cc(-c2ccc(C(=O)N[C@H](Cc3ccc(-c4noc(-c5ccc(NC(=O)OC(C)(C)C)cc5)n4)c(F)c3)C(=O)O)o2)ccc1F. The van der Waals surface area contributed by atoms with Crippen molar-refractivity contribution in [1.29, 1.82) is 0 Å². The zero-order chi connectivity index (χ0) is 33.9. The van der Waals surface area contributed by atoms with Crippen molar-refractivity contribution < 1.29 is 41.9 Å². The average molecular weight is 645 g/mol. The molecule has 242 valence electrons. The number of carboxylic acids is 1. The molecule has 2 aromatic heterocycles. The van der Waals surface area contributed by atoms with Gasteiger partial charge in [-0.25, -0.2) is 18.4 Å². The molecule has 0 bridgehead atoms. The average Bonchev–Trinajstić information content (AvgIpc) is 3.69. The highest BCUT2D eigenvalue weighted by molar-refractivity contribution is 5.95. The van der Waals surface area contributed by atoms with Gasteiger partial charge in [-0.2, -0.15) is 4.98 Å². The number of amides is 2. The van der Waals surface area contributed by atoms with E-state index >= 15 is 4.39 Å². The van der Waals surface area contributed by atoms with Crippen LogP contribution in [-0.2, 0) is 16.0 Å². The van der Waals surface area contributed by atoms with Crippen molar-refractivity contribution in [1.82, 2.24) is 15.5 Å². The van der Waals surface area contributed by atoms with Gasteiger partial charge in [0.1, 0.15) is 29.0 Å². The number of furan rings is 1. The van der Waals surface area contributed by atoms with E-state index in [1.807, 2.05) is 0 Å². The van der Waals surface area contributed by atoms with E-state index in [9.17, 15) is 23.9 Å². The molecule has 0 saturated heterocycles. The summed E-state index contributed by atoms with van der Waals surface area (Å²) in [6.07, 6.45) is -0.838. The maximum Gasteiger partial charge on any atom is 0.412 e. The number of halogens is 2. The number of nitrogens with one attached hydrogen (secondary N) is 2. The second-order valence-electron chi connectivity index (χ2n) is 11.6. The van der Waals surface area contributed by atoms with E-state index in [0.717, 1.165) is 6.07 Å². The van der Waals surface area contributed by atoms with Crippen LogP contribution in [0, 0.1) is 18.6 Å². The molecule has 2 amide bonds. The third-order valence-corrected chi connectivity index (χ3v) is 6.79. The van der Waals surface area contributed by atoms with Gasteiger partial charge in [-0.3, -0.25) is 10.1 Å². The van der Waals surface area contributed by atoms with Crippen LogP contribution >= 0.6 is 0 Å². The van der Waals surface area contributed by atoms with Gasteiger partial charge in [0.05, 0.1) is 5.56 Å². The lowest BCUT2D eigenvalue weighted by atomic mass is 10.0. The molecule has 5 rings (SSSR count). The van der Waals surface area contributed by atoms with Crippen LogP contribution in [0.3, 0.4) is 0 Å². The number of carbonyl (C=O) groups excluding carboxylic acids is 2. The van der Waals surface area contributed by atoms with Crippen molar-refractivity contribution in [2.24, 2.45) is 0 Å². The zero-order valence-corrected chi connectivity index (χ0v) is 25.8. The summed E-state index contributed by atoms with van der Waals surface area (Å²) >= 11 is 0. The number of rotatable bonds is 9. The van der Waals surface area contributed by atoms with Crippen molar-refractivity contribution in [2.75, 3.05) is 5.32 Å². The molecule has 0 unspecified atom stereocenters. The smallest absolute Gasteiger partial charge is 0.412 e. The van der Waals surface area contributed by atoms with Gasteiger partial charge < -0.3 is 24.1 Å². The third-order valence-electron chi connectivity index (χ3n) is 6.79. The lowest BCUT2D eigenvalue weighted by Gasteiger charge is -2.19. The fourth-order valence-corrected chi connectivity index (χ4v) is 4.51. The quantitative estimate of drug-likeness (QED) is 0.153. The van der Waals surface area contributed by atoms with E-state index in [1.54, 1.807) is 58.0 Å². The molecule has 13 heteroatoms. The van der Waals surface area contributed by atoms with Gasteiger partial charge in [-0.1, -0.05) is 11.2 Å². The summed E-state index contributed by atoms with van der Waals surface area (Å²) in [6.45, 7) is 6.86. The third kappa shape index (κ3) is 8.06. The molecule has 0 saturated carbocycles. The number of nitrogens with zero attached hydrogens (tertiary/aromatic N) is 2. The van der Waals surface area contributed by atoms with Gasteiger partial charge in [-0.05, 0) is 106 Å². The van der Waals surface area contributed by atoms with Gasteiger partial charge >= 0.3 is 12.1 Å². The highest BCUT2D eigenvalue weighted by Crippen LogP contribution is 2.27. The maximum absolute atomic E-state index is 15.2. The number of benzene rings is 3. The molecule has 0 spiro atoms. The first kappa shape index (κ1) is 32.5. The Kier molecular flexibility index (Phi) is 9.17. The number of aryl methyl sites for hydroxylation is 1. The Morgan fingerprint density at radius 1 is 0.936 bits per heavy atom. The molecule has 0 aliphatic heterocycles. The Labute approximate surface area is 267 Å². The van der Waals surface area contributed by atoms with Crippen LogP contribution in [0.15, 0.2) is 81.7 Å². The zero-order valence-electron chi connectivity index (χ0n) is 25.8. The van der Waals surface area contributed by atoms with E-state index < -0.39 is 35.4 Å². The van der Waals surface area contributed by atoms with Gasteiger partial charge in [0, 0.05) is 23.2 Å². The second-order valence-corrected chi connectivity index (χ2v) is 11.6. The Balaban J connectivity index is 1.23. The number of carbonyl (C=O) groups is 3. The number of hydrogen-bond donors (Lipinski definition) is 3. The molecule has 0 aliphatic rings. The minimum atomic E-state index is -1.40. The minimum absolute atomic E-state index is 0.0158. The van der Waals surface area contributed by atoms with Gasteiger partial charge in [0.15, 0.2) is 5.76 Å². The molecule has 5 aromatic rings. The summed E-state index contributed by atoms with van der Waals surface area (Å²) in [6, 6.07) is 16.4. The molecule has 2 heterocycles. The molecule has 0 aliphatic carbocycles. The van der Waals surface area contributed by atoms with E-state index in [-0.39, 0.29) is 40.8 Å². The monoisotopic (exact) mass is 644 g/mol. The van der Waals surface area contributed by atoms with Crippen LogP contribution in [0.4, 0.5) is 19.3 Å². The number of carboxylic acid groups (broad SMARTS) is 1. The fourth-order valence-electron chi connectivity index (χ4n) is 4.51. The van der Waals surface area contributed by atoms with Crippen molar-refractivity contribution in [3.63, 3.8) is 0 Å². The Morgan fingerprint density at radius 3 is 2.32 bits per heavy atom. The minimum Gasteiger partial charge on any atom is -0.480 e. The molecule has 0 radical (unpaired) electrons. The van der Waals surface area contributed by atoms with Gasteiger partial charge in [0.25, 0.3) is 11.8 Å². The predicted octanol–water partition coefficient (Wildman–Crippen LogP) is 7.02. The topological polar surface area (TPSA) is 157 Å². The molecule has 47 heavy (non-hydrogen) atoms. The highest BCUT2D eigenvalue weighted by Gasteiger charge is 2.24. The summed E-state index contributed by atoms with van der Waals surface area (Å²) in [5, 5.41) is 18.6. The predicted molar refractivity (Wildman–Crippen MR) is 166 cm³/mol. The second kappa shape index (κ2) is 13.3. The Morgan fingerprint density at radius 2 is 1.66 bits per heavy atom. The lowest BCUT2D eigenvalue weighted by molar-refractivity contribution is -0.139. The van der Waals surface area contributed by atoms with Crippen molar-refractivity contribution in [3.05, 3.63) is 101 Å². The maximum atomic E-state index is 15.2. The van der Waals surface area contributed by atoms with Crippen LogP contribution in [0.1, 0.15) is 42.5 Å². The van der Waals surface area contributed by atoms with Crippen LogP contribution in [0.25, 0.3) is 34.2 Å². The summed E-state index contributed by atoms with van der Waals surface area (Å²) in [5.74, 6) is -2.99. The summed E-state index contributed by atoms with van der Waals surface area (Å²) in [4.78, 5) is 41.0. The number of ether oxygens (including phenoxy) is 1. The Bertz CT molecular complexity index is 1940. The first-order valence-corrected chi connectivity index (χ1v) is 14.4. The first-order chi connectivity index (χ1) is 22.3. The summed E-state index contributed by atoms with van der Waals surface area (Å²) in [5.41, 5.74) is 1.60. The highest BCUT2D eigenvalue weighted by atomic mass is 19.1. The van der Waals surface area contributed by atoms with Gasteiger partial charge in [0.2, 0.25) is 5.82 Å². The summed E-state index contributed by atoms with van der Waals surface area (Å²) in [7, 11) is 0. The fraction of sp³-hybridized carbons (Fsp3) is 0.206. The van der Waals surface area contributed by atoms with E-state index in [0.29, 0.717) is 28.1 Å². The molecule has 0 fully saturated rings. The van der Waals surface area contributed by atoms with Crippen LogP contribution in [-0.4, -0.2) is 44.9 Å². The summed E-state index contributed by atoms with van der Waals surface area (Å²) < 4.78 is 44.9. The van der Waals surface area contributed by atoms with Crippen molar-refractivity contribution >= 4 is 23.7 Å². The lowest BCUT2D eigenvalue weighted by Crippen LogP contribution is -2.42. The number of aromatic nitrogens is 2. The first-order valence-electron chi connectivity index (χ1n) is 14.4. The van der Waals surface area contributed by atoms with E-state index in [4.69, 9.17) is 13.7 Å². The van der Waals surface area contributed by atoms with E-state index in [1.165, 1.54) is 36.4 Å².